The van der Waals surface area contributed by atoms with Crippen LogP contribution in [-0.2, 0) is 19.1 Å². The van der Waals surface area contributed by atoms with Crippen LogP contribution in [0.1, 0.15) is 113 Å². The molecule has 4 rings (SSSR count). The van der Waals surface area contributed by atoms with Crippen molar-refractivity contribution >= 4 is 17.7 Å². The minimum atomic E-state index is -0.827. The lowest BCUT2D eigenvalue weighted by Gasteiger charge is -2.62. The van der Waals surface area contributed by atoms with Crippen molar-refractivity contribution in [3.05, 3.63) is 22.8 Å². The lowest BCUT2D eigenvalue weighted by atomic mass is 9.43. The second-order valence-electron chi connectivity index (χ2n) is 14.1. The van der Waals surface area contributed by atoms with Crippen molar-refractivity contribution < 1.29 is 24.2 Å². The summed E-state index contributed by atoms with van der Waals surface area (Å²) >= 11 is 0. The molecule has 0 aromatic carbocycles. The lowest BCUT2D eigenvalue weighted by molar-refractivity contribution is -0.167. The molecule has 4 aliphatic rings. The molecule has 0 aliphatic heterocycles. The van der Waals surface area contributed by atoms with Crippen molar-refractivity contribution in [3.8, 4) is 0 Å². The highest BCUT2D eigenvalue weighted by Crippen LogP contribution is 2.72. The van der Waals surface area contributed by atoms with Crippen molar-refractivity contribution in [2.75, 3.05) is 0 Å². The number of ether oxygens (including phenoxy) is 1. The van der Waals surface area contributed by atoms with Crippen molar-refractivity contribution in [2.45, 2.75) is 119 Å². The van der Waals surface area contributed by atoms with Gasteiger partial charge in [0, 0.05) is 30.1 Å². The van der Waals surface area contributed by atoms with Crippen molar-refractivity contribution in [2.24, 2.45) is 39.4 Å². The zero-order valence-corrected chi connectivity index (χ0v) is 24.3. The van der Waals surface area contributed by atoms with E-state index in [0.717, 1.165) is 38.5 Å². The first-order valence-electron chi connectivity index (χ1n) is 14.4. The monoisotopic (exact) mass is 512 g/mol. The number of Topliss-reactive ketones (excluding diaryl/α,β-unsaturated/α-hetero) is 1. The zero-order chi connectivity index (χ0) is 27.6. The molecule has 0 bridgehead atoms. The Kier molecular flexibility index (Phi) is 7.12. The fourth-order valence-corrected chi connectivity index (χ4v) is 9.59. The molecular weight excluding hydrogens is 464 g/mol. The van der Waals surface area contributed by atoms with Gasteiger partial charge >= 0.3 is 11.9 Å². The molecule has 7 atom stereocenters. The van der Waals surface area contributed by atoms with Crippen LogP contribution in [0.25, 0.3) is 0 Å². The van der Waals surface area contributed by atoms with E-state index >= 15 is 0 Å². The van der Waals surface area contributed by atoms with Crippen LogP contribution in [0.4, 0.5) is 0 Å². The van der Waals surface area contributed by atoms with E-state index in [1.54, 1.807) is 0 Å². The average molecular weight is 513 g/mol. The fraction of sp³-hybridized carbons (Fsp3) is 0.781. The number of carboxylic acids is 1. The molecule has 2 saturated carbocycles. The molecule has 2 fully saturated rings. The third kappa shape index (κ3) is 4.23. The number of hydrogen-bond donors (Lipinski definition) is 1. The zero-order valence-electron chi connectivity index (χ0n) is 24.3. The number of carbonyl (C=O) groups is 3. The van der Waals surface area contributed by atoms with E-state index < -0.39 is 17.8 Å². The largest absolute Gasteiger partial charge is 0.481 e. The number of carbonyl (C=O) groups excluding carboxylic acids is 2. The van der Waals surface area contributed by atoms with Gasteiger partial charge < -0.3 is 9.84 Å². The number of carboxylic acid groups (broad SMARTS) is 1. The molecule has 4 aliphatic carbocycles. The molecule has 0 heterocycles. The van der Waals surface area contributed by atoms with Crippen LogP contribution >= 0.6 is 0 Å². The van der Waals surface area contributed by atoms with Crippen LogP contribution in [0.15, 0.2) is 22.8 Å². The van der Waals surface area contributed by atoms with Crippen molar-refractivity contribution in [3.63, 3.8) is 0 Å². The predicted octanol–water partition coefficient (Wildman–Crippen LogP) is 7.29. The number of hydrogen-bond acceptors (Lipinski definition) is 4. The Morgan fingerprint density at radius 3 is 2.30 bits per heavy atom. The number of ketones is 1. The summed E-state index contributed by atoms with van der Waals surface area (Å²) in [6, 6.07) is 0. The summed E-state index contributed by atoms with van der Waals surface area (Å²) in [5, 5.41) is 10.3. The van der Waals surface area contributed by atoms with Gasteiger partial charge in [-0.15, -0.1) is 0 Å². The van der Waals surface area contributed by atoms with Crippen molar-refractivity contribution in [1.29, 1.82) is 0 Å². The van der Waals surface area contributed by atoms with Gasteiger partial charge in [0.2, 0.25) is 0 Å². The molecule has 1 N–H and O–H groups in total. The van der Waals surface area contributed by atoms with E-state index in [-0.39, 0.29) is 39.5 Å². The maximum absolute atomic E-state index is 13.7. The predicted molar refractivity (Wildman–Crippen MR) is 145 cm³/mol. The normalized spacial score (nSPS) is 39.2. The third-order valence-corrected chi connectivity index (χ3v) is 11.6. The number of esters is 1. The molecule has 206 valence electrons. The van der Waals surface area contributed by atoms with Gasteiger partial charge in [-0.25, -0.2) is 0 Å². The van der Waals surface area contributed by atoms with E-state index in [9.17, 15) is 19.5 Å². The minimum Gasteiger partial charge on any atom is -0.481 e. The second-order valence-corrected chi connectivity index (χ2v) is 14.1. The molecule has 0 saturated heterocycles. The molecule has 0 radical (unpaired) electrons. The summed E-state index contributed by atoms with van der Waals surface area (Å²) in [6.07, 6.45) is 9.31. The Morgan fingerprint density at radius 1 is 1.03 bits per heavy atom. The molecule has 0 unspecified atom stereocenters. The van der Waals surface area contributed by atoms with Gasteiger partial charge in [-0.2, -0.15) is 0 Å². The van der Waals surface area contributed by atoms with Crippen LogP contribution < -0.4 is 0 Å². The highest BCUT2D eigenvalue weighted by molar-refractivity contribution is 5.91. The quantitative estimate of drug-likeness (QED) is 0.298. The van der Waals surface area contributed by atoms with Gasteiger partial charge in [0.25, 0.3) is 0 Å². The van der Waals surface area contributed by atoms with Crippen LogP contribution in [0, 0.1) is 39.4 Å². The molecule has 5 heteroatoms. The highest BCUT2D eigenvalue weighted by atomic mass is 16.5. The fourth-order valence-electron chi connectivity index (χ4n) is 9.59. The van der Waals surface area contributed by atoms with Gasteiger partial charge in [-0.05, 0) is 82.0 Å². The van der Waals surface area contributed by atoms with Crippen molar-refractivity contribution in [1.82, 2.24) is 0 Å². The molecule has 0 spiro atoms. The first-order chi connectivity index (χ1) is 17.1. The smallest absolute Gasteiger partial charge is 0.307 e. The van der Waals surface area contributed by atoms with Gasteiger partial charge in [-0.1, -0.05) is 57.4 Å². The summed E-state index contributed by atoms with van der Waals surface area (Å²) in [7, 11) is 0. The van der Waals surface area contributed by atoms with Crippen LogP contribution in [0.3, 0.4) is 0 Å². The van der Waals surface area contributed by atoms with E-state index in [1.807, 2.05) is 13.8 Å². The maximum Gasteiger partial charge on any atom is 0.307 e. The van der Waals surface area contributed by atoms with Gasteiger partial charge in [-0.3, -0.25) is 14.4 Å². The highest BCUT2D eigenvalue weighted by Gasteiger charge is 2.67. The summed E-state index contributed by atoms with van der Waals surface area (Å²) in [5.41, 5.74) is 3.43. The Bertz CT molecular complexity index is 1050. The number of aliphatic carboxylic acids is 1. The Labute approximate surface area is 223 Å². The Hall–Kier alpha value is -1.91. The van der Waals surface area contributed by atoms with E-state index in [1.165, 1.54) is 23.6 Å². The molecular formula is C32H48O5. The maximum atomic E-state index is 13.7. The van der Waals surface area contributed by atoms with Gasteiger partial charge in [0.1, 0.15) is 11.9 Å². The summed E-state index contributed by atoms with van der Waals surface area (Å²) in [6.45, 7) is 17.0. The summed E-state index contributed by atoms with van der Waals surface area (Å²) in [4.78, 5) is 38.1. The average Bonchev–Trinajstić information content (AvgIpc) is 2.98. The minimum absolute atomic E-state index is 0.0227. The van der Waals surface area contributed by atoms with E-state index in [2.05, 4.69) is 40.7 Å². The molecule has 0 amide bonds. The molecule has 5 nitrogen and oxygen atoms in total. The van der Waals surface area contributed by atoms with E-state index in [0.29, 0.717) is 25.2 Å². The number of fused-ring (bicyclic) bond motifs is 4. The standard InChI is InChI=1S/C32H48O5/c1-19(2)10-9-11-21(28(35)36)27-24(34)18-32(8)23-12-13-25-29(4,5)26(37-20(3)33)15-16-30(25,6)22(23)14-17-31(27,32)7/h10,21,25-27H,9,11-18H2,1-8H3,(H,35,36)/t21-,25+,26-,27+,30-,31-,32+/m1/s1. The Balaban J connectivity index is 1.71. The third-order valence-electron chi connectivity index (χ3n) is 11.6. The van der Waals surface area contributed by atoms with Crippen LogP contribution in [0.5, 0.6) is 0 Å². The van der Waals surface area contributed by atoms with Crippen LogP contribution in [0.2, 0.25) is 0 Å². The second kappa shape index (κ2) is 9.38. The first-order valence-corrected chi connectivity index (χ1v) is 14.4. The topological polar surface area (TPSA) is 80.7 Å². The number of allylic oxidation sites excluding steroid dienone is 4. The van der Waals surface area contributed by atoms with Crippen LogP contribution in [-0.4, -0.2) is 28.9 Å². The molecule has 0 aromatic rings. The number of rotatable bonds is 6. The molecule has 37 heavy (non-hydrogen) atoms. The van der Waals surface area contributed by atoms with Gasteiger partial charge in [0.15, 0.2) is 0 Å². The first kappa shape index (κ1) is 28.1. The molecule has 0 aromatic heterocycles. The van der Waals surface area contributed by atoms with E-state index in [4.69, 9.17) is 4.74 Å². The summed E-state index contributed by atoms with van der Waals surface area (Å²) in [5.74, 6) is -1.54. The van der Waals surface area contributed by atoms with Gasteiger partial charge in [0.05, 0.1) is 5.92 Å². The summed E-state index contributed by atoms with van der Waals surface area (Å²) < 4.78 is 5.81. The lowest BCUT2D eigenvalue weighted by Crippen LogP contribution is -2.56. The SMILES string of the molecule is CC(=O)O[C@@H]1CC[C@]2(C)C3=C(CC[C@H]2C1(C)C)[C@]1(C)CC(=O)[C@H]([C@@H](CCC=C(C)C)C(=O)O)[C@@]1(C)CC3. The Morgan fingerprint density at radius 2 is 1.70 bits per heavy atom.